The molecule has 3 heteroatoms. The van der Waals surface area contributed by atoms with Gasteiger partial charge in [0.05, 0.1) is 0 Å². The molecule has 0 atom stereocenters. The van der Waals surface area contributed by atoms with Crippen LogP contribution in [0.1, 0.15) is 35.8 Å². The third-order valence-corrected chi connectivity index (χ3v) is 3.90. The molecule has 18 heavy (non-hydrogen) atoms. The minimum Gasteiger partial charge on any atom is -0.383 e. The Morgan fingerprint density at radius 2 is 1.94 bits per heavy atom. The van der Waals surface area contributed by atoms with Crippen LogP contribution in [0.5, 0.6) is 0 Å². The predicted octanol–water partition coefficient (Wildman–Crippen LogP) is 3.39. The number of hydrogen-bond donors (Lipinski definition) is 1. The number of aryl methyl sites for hydroxylation is 2. The zero-order chi connectivity index (χ0) is 12.9. The molecule has 0 unspecified atom stereocenters. The standard InChI is InChI=1S/C15H19N3/c1-9-5-4-6-13(10(9)2)14-15(16)18(11(3)17-14)12-7-8-12/h4-6,12H,7-8,16H2,1-3H3. The number of benzene rings is 1. The number of nitrogen functional groups attached to an aromatic ring is 1. The SMILES string of the molecule is Cc1cccc(-c2nc(C)n(C3CC3)c2N)c1C. The molecule has 2 N–H and O–H groups in total. The zero-order valence-corrected chi connectivity index (χ0v) is 11.2. The first-order valence-corrected chi connectivity index (χ1v) is 6.50. The largest absolute Gasteiger partial charge is 0.383 e. The summed E-state index contributed by atoms with van der Waals surface area (Å²) in [4.78, 5) is 4.68. The van der Waals surface area contributed by atoms with Gasteiger partial charge in [-0.15, -0.1) is 0 Å². The highest BCUT2D eigenvalue weighted by molar-refractivity contribution is 5.74. The first-order valence-electron chi connectivity index (χ1n) is 6.50. The lowest BCUT2D eigenvalue weighted by molar-refractivity contribution is 0.720. The van der Waals surface area contributed by atoms with Gasteiger partial charge in [0.1, 0.15) is 17.3 Å². The van der Waals surface area contributed by atoms with Gasteiger partial charge in [0.15, 0.2) is 0 Å². The first-order chi connectivity index (χ1) is 8.59. The van der Waals surface area contributed by atoms with Crippen molar-refractivity contribution in [3.63, 3.8) is 0 Å². The van der Waals surface area contributed by atoms with Crippen molar-refractivity contribution in [3.8, 4) is 11.3 Å². The lowest BCUT2D eigenvalue weighted by Crippen LogP contribution is -2.02. The van der Waals surface area contributed by atoms with E-state index in [-0.39, 0.29) is 0 Å². The molecule has 0 spiro atoms. The minimum atomic E-state index is 0.580. The van der Waals surface area contributed by atoms with Gasteiger partial charge in [0, 0.05) is 11.6 Å². The Morgan fingerprint density at radius 1 is 1.22 bits per heavy atom. The highest BCUT2D eigenvalue weighted by Crippen LogP contribution is 2.41. The lowest BCUT2D eigenvalue weighted by Gasteiger charge is -2.08. The molecule has 1 saturated carbocycles. The average Bonchev–Trinajstić information content (AvgIpc) is 3.10. The van der Waals surface area contributed by atoms with Crippen LogP contribution >= 0.6 is 0 Å². The Bertz CT molecular complexity index is 606. The quantitative estimate of drug-likeness (QED) is 0.875. The summed E-state index contributed by atoms with van der Waals surface area (Å²) in [5.41, 5.74) is 11.0. The second-order valence-corrected chi connectivity index (χ2v) is 5.24. The van der Waals surface area contributed by atoms with E-state index in [1.165, 1.54) is 24.0 Å². The van der Waals surface area contributed by atoms with Crippen molar-refractivity contribution in [2.24, 2.45) is 0 Å². The molecule has 1 aliphatic rings. The molecular weight excluding hydrogens is 222 g/mol. The van der Waals surface area contributed by atoms with Gasteiger partial charge >= 0.3 is 0 Å². The van der Waals surface area contributed by atoms with E-state index in [9.17, 15) is 0 Å². The Kier molecular flexibility index (Phi) is 2.44. The predicted molar refractivity (Wildman–Crippen MR) is 74.6 cm³/mol. The molecule has 0 bridgehead atoms. The van der Waals surface area contributed by atoms with Gasteiger partial charge in [0.25, 0.3) is 0 Å². The normalized spacial score (nSPS) is 15.1. The van der Waals surface area contributed by atoms with Crippen molar-refractivity contribution < 1.29 is 0 Å². The van der Waals surface area contributed by atoms with Gasteiger partial charge in [-0.25, -0.2) is 4.98 Å². The zero-order valence-electron chi connectivity index (χ0n) is 11.2. The smallest absolute Gasteiger partial charge is 0.131 e. The van der Waals surface area contributed by atoms with E-state index in [1.54, 1.807) is 0 Å². The number of rotatable bonds is 2. The van der Waals surface area contributed by atoms with Gasteiger partial charge in [-0.3, -0.25) is 0 Å². The maximum atomic E-state index is 6.30. The van der Waals surface area contributed by atoms with E-state index >= 15 is 0 Å². The molecule has 1 aliphatic carbocycles. The molecule has 0 aliphatic heterocycles. The molecule has 0 amide bonds. The van der Waals surface area contributed by atoms with Crippen molar-refractivity contribution in [2.45, 2.75) is 39.7 Å². The fourth-order valence-electron chi connectivity index (χ4n) is 2.56. The van der Waals surface area contributed by atoms with Crippen LogP contribution in [0.15, 0.2) is 18.2 Å². The third-order valence-electron chi connectivity index (χ3n) is 3.90. The topological polar surface area (TPSA) is 43.8 Å². The van der Waals surface area contributed by atoms with E-state index in [0.29, 0.717) is 6.04 Å². The van der Waals surface area contributed by atoms with E-state index in [4.69, 9.17) is 5.73 Å². The Labute approximate surface area is 108 Å². The molecular formula is C15H19N3. The Balaban J connectivity index is 2.17. The Hall–Kier alpha value is -1.77. The van der Waals surface area contributed by atoms with Crippen molar-refractivity contribution in [1.29, 1.82) is 0 Å². The fourth-order valence-corrected chi connectivity index (χ4v) is 2.56. The molecule has 2 aromatic rings. The third kappa shape index (κ3) is 1.62. The number of nitrogens with two attached hydrogens (primary N) is 1. The van der Waals surface area contributed by atoms with Gasteiger partial charge in [-0.05, 0) is 44.7 Å². The molecule has 1 heterocycles. The molecule has 1 aromatic heterocycles. The number of hydrogen-bond acceptors (Lipinski definition) is 2. The van der Waals surface area contributed by atoms with Crippen molar-refractivity contribution in [2.75, 3.05) is 5.73 Å². The van der Waals surface area contributed by atoms with Crippen LogP contribution in [-0.2, 0) is 0 Å². The summed E-state index contributed by atoms with van der Waals surface area (Å²) in [5, 5.41) is 0. The summed E-state index contributed by atoms with van der Waals surface area (Å²) in [6.07, 6.45) is 2.46. The molecule has 3 rings (SSSR count). The second-order valence-electron chi connectivity index (χ2n) is 5.24. The maximum Gasteiger partial charge on any atom is 0.131 e. The van der Waals surface area contributed by atoms with E-state index in [0.717, 1.165) is 22.9 Å². The van der Waals surface area contributed by atoms with Crippen LogP contribution < -0.4 is 5.73 Å². The lowest BCUT2D eigenvalue weighted by atomic mass is 10.0. The van der Waals surface area contributed by atoms with Gasteiger partial charge in [-0.2, -0.15) is 0 Å². The molecule has 0 radical (unpaired) electrons. The van der Waals surface area contributed by atoms with Crippen LogP contribution in [0, 0.1) is 20.8 Å². The molecule has 0 saturated heterocycles. The number of nitrogens with zero attached hydrogens (tertiary/aromatic N) is 2. The first kappa shape index (κ1) is 11.3. The van der Waals surface area contributed by atoms with Crippen LogP contribution in [0.25, 0.3) is 11.3 Å². The summed E-state index contributed by atoms with van der Waals surface area (Å²) in [6, 6.07) is 6.89. The van der Waals surface area contributed by atoms with E-state index < -0.39 is 0 Å². The van der Waals surface area contributed by atoms with E-state index in [1.807, 2.05) is 6.92 Å². The number of anilines is 1. The maximum absolute atomic E-state index is 6.30. The van der Waals surface area contributed by atoms with Gasteiger partial charge < -0.3 is 10.3 Å². The van der Waals surface area contributed by atoms with Crippen LogP contribution in [0.3, 0.4) is 0 Å². The van der Waals surface area contributed by atoms with Crippen LogP contribution in [0.4, 0.5) is 5.82 Å². The second kappa shape index (κ2) is 3.87. The Morgan fingerprint density at radius 3 is 2.61 bits per heavy atom. The molecule has 1 aromatic carbocycles. The van der Waals surface area contributed by atoms with Crippen molar-refractivity contribution >= 4 is 5.82 Å². The van der Waals surface area contributed by atoms with Crippen LogP contribution in [-0.4, -0.2) is 9.55 Å². The average molecular weight is 241 g/mol. The molecule has 1 fully saturated rings. The molecule has 94 valence electrons. The van der Waals surface area contributed by atoms with Gasteiger partial charge in [-0.1, -0.05) is 18.2 Å². The van der Waals surface area contributed by atoms with Crippen molar-refractivity contribution in [1.82, 2.24) is 9.55 Å². The summed E-state index contributed by atoms with van der Waals surface area (Å²) in [7, 11) is 0. The number of imidazole rings is 1. The highest BCUT2D eigenvalue weighted by Gasteiger charge is 2.29. The molecule has 3 nitrogen and oxygen atoms in total. The minimum absolute atomic E-state index is 0.580. The monoisotopic (exact) mass is 241 g/mol. The van der Waals surface area contributed by atoms with Gasteiger partial charge in [0.2, 0.25) is 0 Å². The number of aromatic nitrogens is 2. The summed E-state index contributed by atoms with van der Waals surface area (Å²) in [5.74, 6) is 1.86. The fraction of sp³-hybridized carbons (Fsp3) is 0.400. The van der Waals surface area contributed by atoms with E-state index in [2.05, 4.69) is 41.6 Å². The van der Waals surface area contributed by atoms with Crippen LogP contribution in [0.2, 0.25) is 0 Å². The summed E-state index contributed by atoms with van der Waals surface area (Å²) < 4.78 is 2.19. The van der Waals surface area contributed by atoms with Crippen molar-refractivity contribution in [3.05, 3.63) is 35.2 Å². The summed E-state index contributed by atoms with van der Waals surface area (Å²) in [6.45, 7) is 6.30. The summed E-state index contributed by atoms with van der Waals surface area (Å²) >= 11 is 0. The highest BCUT2D eigenvalue weighted by atomic mass is 15.2.